The minimum Gasteiger partial charge on any atom is -0.494 e. The molecule has 126 valence electrons. The Kier molecular flexibility index (Phi) is 5.59. The second kappa shape index (κ2) is 7.10. The molecule has 0 atom stereocenters. The van der Waals surface area contributed by atoms with Gasteiger partial charge in [0.05, 0.1) is 17.8 Å². The third-order valence-corrected chi connectivity index (χ3v) is 4.80. The number of unbranched alkanes of at least 4 members (excludes halogenated alkanes) is 2. The molecule has 1 aliphatic rings. The first kappa shape index (κ1) is 18.1. The van der Waals surface area contributed by atoms with E-state index in [9.17, 15) is 0 Å². The molecule has 1 saturated heterocycles. The van der Waals surface area contributed by atoms with Crippen LogP contribution in [0.1, 0.15) is 59.4 Å². The van der Waals surface area contributed by atoms with Crippen LogP contribution in [0.2, 0.25) is 0 Å². The first-order chi connectivity index (χ1) is 10.8. The van der Waals surface area contributed by atoms with Crippen molar-refractivity contribution in [1.82, 2.24) is 0 Å². The van der Waals surface area contributed by atoms with Gasteiger partial charge in [0.1, 0.15) is 5.75 Å². The fourth-order valence-electron chi connectivity index (χ4n) is 2.55. The summed E-state index contributed by atoms with van der Waals surface area (Å²) < 4.78 is 18.1. The molecule has 1 fully saturated rings. The van der Waals surface area contributed by atoms with Crippen LogP contribution in [-0.4, -0.2) is 24.9 Å². The van der Waals surface area contributed by atoms with Gasteiger partial charge in [0.25, 0.3) is 0 Å². The van der Waals surface area contributed by atoms with E-state index in [0.717, 1.165) is 29.8 Å². The average molecular weight is 316 g/mol. The van der Waals surface area contributed by atoms with E-state index in [-0.39, 0.29) is 18.3 Å². The summed E-state index contributed by atoms with van der Waals surface area (Å²) in [7, 11) is -0.373. The molecule has 1 heterocycles. The lowest BCUT2D eigenvalue weighted by molar-refractivity contribution is 0.00578. The van der Waals surface area contributed by atoms with Gasteiger partial charge in [-0.3, -0.25) is 0 Å². The topological polar surface area (TPSA) is 27.7 Å². The zero-order valence-corrected chi connectivity index (χ0v) is 15.1. The molecule has 0 amide bonds. The highest BCUT2D eigenvalue weighted by molar-refractivity contribution is 6.63. The molecule has 0 aliphatic carbocycles. The summed E-state index contributed by atoms with van der Waals surface area (Å²) in [4.78, 5) is 0. The van der Waals surface area contributed by atoms with Gasteiger partial charge in [-0.1, -0.05) is 38.5 Å². The van der Waals surface area contributed by atoms with Gasteiger partial charge in [-0.05, 0) is 57.3 Å². The van der Waals surface area contributed by atoms with Crippen LogP contribution in [0.15, 0.2) is 24.8 Å². The Bertz CT molecular complexity index is 536. The average Bonchev–Trinajstić information content (AvgIpc) is 2.71. The van der Waals surface area contributed by atoms with Crippen molar-refractivity contribution in [3.05, 3.63) is 30.3 Å². The van der Waals surface area contributed by atoms with Gasteiger partial charge < -0.3 is 14.0 Å². The van der Waals surface area contributed by atoms with Gasteiger partial charge in [-0.2, -0.15) is 0 Å². The smallest absolute Gasteiger partial charge is 0.494 e. The Hall–Kier alpha value is -1.26. The molecule has 0 unspecified atom stereocenters. The molecule has 1 aromatic carbocycles. The summed E-state index contributed by atoms with van der Waals surface area (Å²) in [5.41, 5.74) is 1.31. The summed E-state index contributed by atoms with van der Waals surface area (Å²) >= 11 is 0. The molecule has 3 nitrogen and oxygen atoms in total. The highest BCUT2D eigenvalue weighted by Crippen LogP contribution is 2.36. The monoisotopic (exact) mass is 316 g/mol. The van der Waals surface area contributed by atoms with Crippen LogP contribution < -0.4 is 10.2 Å². The molecule has 0 spiro atoms. The molecule has 0 saturated carbocycles. The molecule has 0 radical (unpaired) electrons. The van der Waals surface area contributed by atoms with Gasteiger partial charge in [0, 0.05) is 0 Å². The predicted molar refractivity (Wildman–Crippen MR) is 97.3 cm³/mol. The number of benzene rings is 1. The van der Waals surface area contributed by atoms with E-state index < -0.39 is 0 Å². The van der Waals surface area contributed by atoms with Gasteiger partial charge in [-0.15, -0.1) is 0 Å². The van der Waals surface area contributed by atoms with Crippen LogP contribution in [-0.2, 0) is 9.31 Å². The molecule has 0 aromatic heterocycles. The summed E-state index contributed by atoms with van der Waals surface area (Å²) in [5.74, 6) is 0.872. The third kappa shape index (κ3) is 3.99. The Balaban J connectivity index is 2.13. The molecule has 4 heteroatoms. The zero-order valence-electron chi connectivity index (χ0n) is 15.1. The highest BCUT2D eigenvalue weighted by atomic mass is 16.7. The lowest BCUT2D eigenvalue weighted by Crippen LogP contribution is -2.41. The van der Waals surface area contributed by atoms with Crippen molar-refractivity contribution in [2.75, 3.05) is 6.61 Å². The SMILES string of the molecule is C=Cc1cc(OCCCCC)ccc1B1OC(C)(C)C(C)(C)O1. The van der Waals surface area contributed by atoms with Crippen LogP contribution in [0.3, 0.4) is 0 Å². The highest BCUT2D eigenvalue weighted by Gasteiger charge is 2.52. The van der Waals surface area contributed by atoms with Crippen molar-refractivity contribution >= 4 is 18.7 Å². The Labute approximate surface area is 141 Å². The first-order valence-corrected chi connectivity index (χ1v) is 8.55. The Morgan fingerprint density at radius 3 is 2.35 bits per heavy atom. The van der Waals surface area contributed by atoms with E-state index in [1.807, 2.05) is 24.3 Å². The van der Waals surface area contributed by atoms with Gasteiger partial charge >= 0.3 is 7.12 Å². The largest absolute Gasteiger partial charge is 0.495 e. The molecule has 1 aliphatic heterocycles. The minimum absolute atomic E-state index is 0.342. The van der Waals surface area contributed by atoms with Crippen LogP contribution in [0, 0.1) is 0 Å². The molecule has 23 heavy (non-hydrogen) atoms. The van der Waals surface area contributed by atoms with Crippen molar-refractivity contribution in [2.45, 2.75) is 65.1 Å². The summed E-state index contributed by atoms with van der Waals surface area (Å²) in [6.07, 6.45) is 5.31. The van der Waals surface area contributed by atoms with Crippen LogP contribution in [0.4, 0.5) is 0 Å². The molecule has 0 bridgehead atoms. The predicted octanol–water partition coefficient (Wildman–Crippen LogP) is 4.20. The number of ether oxygens (including phenoxy) is 1. The van der Waals surface area contributed by atoms with E-state index in [2.05, 4.69) is 41.2 Å². The van der Waals surface area contributed by atoms with Crippen LogP contribution in [0.25, 0.3) is 6.08 Å². The van der Waals surface area contributed by atoms with E-state index in [0.29, 0.717) is 0 Å². The second-order valence-electron chi connectivity index (χ2n) is 7.14. The molecular formula is C19H29BO3. The van der Waals surface area contributed by atoms with Gasteiger partial charge in [0.2, 0.25) is 0 Å². The van der Waals surface area contributed by atoms with Crippen LogP contribution in [0.5, 0.6) is 5.75 Å². The lowest BCUT2D eigenvalue weighted by Gasteiger charge is -2.32. The third-order valence-electron chi connectivity index (χ3n) is 4.80. The fourth-order valence-corrected chi connectivity index (χ4v) is 2.55. The summed E-state index contributed by atoms with van der Waals surface area (Å²) in [6.45, 7) is 15.1. The van der Waals surface area contributed by atoms with Gasteiger partial charge in [-0.25, -0.2) is 0 Å². The Morgan fingerprint density at radius 2 is 1.78 bits per heavy atom. The minimum atomic E-state index is -0.373. The quantitative estimate of drug-likeness (QED) is 0.557. The number of hydrogen-bond acceptors (Lipinski definition) is 3. The van der Waals surface area contributed by atoms with E-state index in [4.69, 9.17) is 14.0 Å². The molecular weight excluding hydrogens is 287 g/mol. The maximum Gasteiger partial charge on any atom is 0.495 e. The van der Waals surface area contributed by atoms with Crippen LogP contribution >= 0.6 is 0 Å². The fraction of sp³-hybridized carbons (Fsp3) is 0.579. The number of rotatable bonds is 7. The lowest BCUT2D eigenvalue weighted by atomic mass is 9.76. The van der Waals surface area contributed by atoms with Crippen molar-refractivity contribution in [3.8, 4) is 5.75 Å². The maximum atomic E-state index is 6.13. The normalized spacial score (nSPS) is 18.9. The van der Waals surface area contributed by atoms with E-state index in [1.54, 1.807) is 0 Å². The first-order valence-electron chi connectivity index (χ1n) is 8.55. The van der Waals surface area contributed by atoms with Crippen molar-refractivity contribution in [2.24, 2.45) is 0 Å². The second-order valence-corrected chi connectivity index (χ2v) is 7.14. The molecule has 1 aromatic rings. The summed E-state index contributed by atoms with van der Waals surface area (Å²) in [6, 6.07) is 6.02. The Morgan fingerprint density at radius 1 is 1.13 bits per heavy atom. The van der Waals surface area contributed by atoms with Gasteiger partial charge in [0.15, 0.2) is 0 Å². The number of hydrogen-bond donors (Lipinski definition) is 0. The summed E-state index contributed by atoms with van der Waals surface area (Å²) in [5, 5.41) is 0. The van der Waals surface area contributed by atoms with Crippen molar-refractivity contribution < 1.29 is 14.0 Å². The van der Waals surface area contributed by atoms with Crippen molar-refractivity contribution in [1.29, 1.82) is 0 Å². The van der Waals surface area contributed by atoms with Crippen molar-refractivity contribution in [3.63, 3.8) is 0 Å². The molecule has 2 rings (SSSR count). The van der Waals surface area contributed by atoms with E-state index in [1.165, 1.54) is 12.8 Å². The zero-order chi connectivity index (χ0) is 17.1. The molecule has 0 N–H and O–H groups in total. The van der Waals surface area contributed by atoms with E-state index >= 15 is 0 Å². The standard InChI is InChI=1S/C19H29BO3/c1-7-9-10-13-21-16-11-12-17(15(8-2)14-16)20-22-18(3,4)19(5,6)23-20/h8,11-12,14H,2,7,9-10,13H2,1,3-6H3. The maximum absolute atomic E-state index is 6.13.